The predicted molar refractivity (Wildman–Crippen MR) is 86.6 cm³/mol. The molecule has 0 aliphatic carbocycles. The molecule has 0 spiro atoms. The molecule has 1 aromatic carbocycles. The number of hydrogen-bond acceptors (Lipinski definition) is 3. The highest BCUT2D eigenvalue weighted by Gasteiger charge is 2.13. The van der Waals surface area contributed by atoms with Gasteiger partial charge in [-0.2, -0.15) is 0 Å². The molecule has 2 amide bonds. The Morgan fingerprint density at radius 1 is 1.13 bits per heavy atom. The molecule has 0 aliphatic rings. The zero-order valence-corrected chi connectivity index (χ0v) is 13.7. The molecule has 3 N–H and O–H groups in total. The Morgan fingerprint density at radius 2 is 1.83 bits per heavy atom. The Labute approximate surface area is 139 Å². The van der Waals surface area contributed by atoms with Crippen LogP contribution in [0.2, 0.25) is 5.02 Å². The van der Waals surface area contributed by atoms with Crippen LogP contribution >= 0.6 is 11.6 Å². The highest BCUT2D eigenvalue weighted by Crippen LogP contribution is 2.23. The van der Waals surface area contributed by atoms with Crippen molar-refractivity contribution < 1.29 is 18.9 Å². The first-order valence-corrected chi connectivity index (χ1v) is 7.53. The molecule has 122 valence electrons. The first kappa shape index (κ1) is 17.1. The van der Waals surface area contributed by atoms with E-state index in [4.69, 9.17) is 16.0 Å². The second-order valence-electron chi connectivity index (χ2n) is 5.31. The van der Waals surface area contributed by atoms with Crippen molar-refractivity contribution in [2.45, 2.75) is 13.5 Å². The highest BCUT2D eigenvalue weighted by atomic mass is 35.5. The quantitative estimate of drug-likeness (QED) is 0.706. The molecule has 1 heterocycles. The van der Waals surface area contributed by atoms with Crippen LogP contribution in [-0.4, -0.2) is 25.4 Å². The number of carbonyl (C=O) groups is 2. The number of carbonyl (C=O) groups excluding carboxylic acids is 2. The second-order valence-corrected chi connectivity index (χ2v) is 5.75. The average molecular weight is 337 g/mol. The molecular weight excluding hydrogens is 318 g/mol. The average Bonchev–Trinajstić information content (AvgIpc) is 2.94. The summed E-state index contributed by atoms with van der Waals surface area (Å²) in [7, 11) is 1.87. The molecule has 0 saturated carbocycles. The van der Waals surface area contributed by atoms with E-state index in [1.54, 1.807) is 0 Å². The lowest BCUT2D eigenvalue weighted by atomic mass is 10.2. The minimum Gasteiger partial charge on any atom is -0.455 e. The van der Waals surface area contributed by atoms with E-state index in [2.05, 4.69) is 10.9 Å². The zero-order chi connectivity index (χ0) is 16.8. The lowest BCUT2D eigenvalue weighted by Crippen LogP contribution is -3.09. The van der Waals surface area contributed by atoms with E-state index in [1.165, 1.54) is 6.92 Å². The summed E-state index contributed by atoms with van der Waals surface area (Å²) in [6, 6.07) is 11.2. The minimum atomic E-state index is -0.311. The summed E-state index contributed by atoms with van der Waals surface area (Å²) in [6.07, 6.45) is 0. The van der Waals surface area contributed by atoms with Gasteiger partial charge in [-0.1, -0.05) is 11.6 Å². The summed E-state index contributed by atoms with van der Waals surface area (Å²) < 4.78 is 5.79. The van der Waals surface area contributed by atoms with Crippen LogP contribution in [0, 0.1) is 0 Å². The number of benzene rings is 1. The van der Waals surface area contributed by atoms with Crippen LogP contribution in [0.1, 0.15) is 12.7 Å². The zero-order valence-electron chi connectivity index (χ0n) is 13.0. The van der Waals surface area contributed by atoms with E-state index in [9.17, 15) is 9.59 Å². The molecule has 6 nitrogen and oxygen atoms in total. The number of amides is 2. The normalized spacial score (nSPS) is 11.8. The van der Waals surface area contributed by atoms with E-state index >= 15 is 0 Å². The summed E-state index contributed by atoms with van der Waals surface area (Å²) in [5, 5.41) is 0.676. The van der Waals surface area contributed by atoms with Crippen LogP contribution in [0.3, 0.4) is 0 Å². The van der Waals surface area contributed by atoms with Crippen molar-refractivity contribution in [2.24, 2.45) is 0 Å². The van der Waals surface area contributed by atoms with Gasteiger partial charge in [0.05, 0.1) is 7.05 Å². The summed E-state index contributed by atoms with van der Waals surface area (Å²) in [6.45, 7) is 2.11. The third-order valence-electron chi connectivity index (χ3n) is 3.11. The van der Waals surface area contributed by atoms with Crippen LogP contribution in [0.4, 0.5) is 0 Å². The van der Waals surface area contributed by atoms with Gasteiger partial charge in [-0.15, -0.1) is 0 Å². The monoisotopic (exact) mass is 336 g/mol. The molecule has 7 heteroatoms. The van der Waals surface area contributed by atoms with Gasteiger partial charge >= 0.3 is 0 Å². The van der Waals surface area contributed by atoms with Crippen LogP contribution in [0.5, 0.6) is 0 Å². The Bertz CT molecular complexity index is 682. The number of likely N-dealkylation sites (N-methyl/N-ethyl adjacent to an activating group) is 1. The molecule has 23 heavy (non-hydrogen) atoms. The van der Waals surface area contributed by atoms with Crippen molar-refractivity contribution in [1.29, 1.82) is 0 Å². The van der Waals surface area contributed by atoms with Gasteiger partial charge in [0.15, 0.2) is 12.3 Å². The van der Waals surface area contributed by atoms with Crippen LogP contribution in [0.25, 0.3) is 11.3 Å². The van der Waals surface area contributed by atoms with Crippen molar-refractivity contribution in [3.63, 3.8) is 0 Å². The topological polar surface area (TPSA) is 75.8 Å². The van der Waals surface area contributed by atoms with Gasteiger partial charge in [-0.3, -0.25) is 20.4 Å². The first-order chi connectivity index (χ1) is 10.9. The van der Waals surface area contributed by atoms with Gasteiger partial charge in [-0.05, 0) is 36.4 Å². The number of hydrogen-bond donors (Lipinski definition) is 3. The number of halogens is 1. The maximum atomic E-state index is 11.6. The number of furan rings is 1. The van der Waals surface area contributed by atoms with E-state index in [0.717, 1.165) is 22.0 Å². The van der Waals surface area contributed by atoms with E-state index in [0.29, 0.717) is 11.6 Å². The summed E-state index contributed by atoms with van der Waals surface area (Å²) >= 11 is 5.87. The molecule has 1 unspecified atom stereocenters. The molecular formula is C16H19ClN3O3+. The Hall–Kier alpha value is -2.31. The molecule has 1 aromatic heterocycles. The van der Waals surface area contributed by atoms with E-state index < -0.39 is 0 Å². The standard InChI is InChI=1S/C16H18ClN3O3/c1-11(21)18-19-16(22)10-20(2)9-14-7-8-15(23-14)12-3-5-13(17)6-4-12/h3-8H,9-10H2,1-2H3,(H,18,21)(H,19,22)/p+1. The van der Waals surface area contributed by atoms with Gasteiger partial charge in [0.25, 0.3) is 5.91 Å². The molecule has 1 atom stereocenters. The fourth-order valence-electron chi connectivity index (χ4n) is 2.08. The van der Waals surface area contributed by atoms with Crippen molar-refractivity contribution in [3.05, 3.63) is 47.2 Å². The van der Waals surface area contributed by atoms with E-state index in [1.807, 2.05) is 43.4 Å². The fourth-order valence-corrected chi connectivity index (χ4v) is 2.20. The first-order valence-electron chi connectivity index (χ1n) is 7.15. The Morgan fingerprint density at radius 3 is 2.48 bits per heavy atom. The van der Waals surface area contributed by atoms with Crippen molar-refractivity contribution in [2.75, 3.05) is 13.6 Å². The number of hydrazine groups is 1. The van der Waals surface area contributed by atoms with Gasteiger partial charge in [0, 0.05) is 17.5 Å². The number of quaternary nitrogens is 1. The summed E-state index contributed by atoms with van der Waals surface area (Å²) in [5.41, 5.74) is 5.54. The van der Waals surface area contributed by atoms with Gasteiger partial charge in [0.2, 0.25) is 5.91 Å². The largest absolute Gasteiger partial charge is 0.455 e. The molecule has 0 bridgehead atoms. The van der Waals surface area contributed by atoms with Gasteiger partial charge in [-0.25, -0.2) is 0 Å². The van der Waals surface area contributed by atoms with Crippen molar-refractivity contribution >= 4 is 23.4 Å². The van der Waals surface area contributed by atoms with Crippen LogP contribution < -0.4 is 15.8 Å². The molecule has 0 saturated heterocycles. The Kier molecular flexibility index (Phi) is 5.78. The maximum absolute atomic E-state index is 11.6. The molecule has 2 aromatic rings. The van der Waals surface area contributed by atoms with Crippen molar-refractivity contribution in [1.82, 2.24) is 10.9 Å². The van der Waals surface area contributed by atoms with Crippen LogP contribution in [-0.2, 0) is 16.1 Å². The lowest BCUT2D eigenvalue weighted by molar-refractivity contribution is -0.886. The SMILES string of the molecule is CC(=O)NNC(=O)C[NH+](C)Cc1ccc(-c2ccc(Cl)cc2)o1. The van der Waals surface area contributed by atoms with Crippen LogP contribution in [0.15, 0.2) is 40.8 Å². The Balaban J connectivity index is 1.89. The van der Waals surface area contributed by atoms with E-state index in [-0.39, 0.29) is 18.4 Å². The smallest absolute Gasteiger partial charge is 0.293 e. The molecule has 0 radical (unpaired) electrons. The summed E-state index contributed by atoms with van der Waals surface area (Å²) in [5.74, 6) is 0.962. The molecule has 0 aliphatic heterocycles. The third-order valence-corrected chi connectivity index (χ3v) is 3.36. The lowest BCUT2D eigenvalue weighted by Gasteiger charge is -2.12. The molecule has 2 rings (SSSR count). The predicted octanol–water partition coefficient (Wildman–Crippen LogP) is 0.782. The van der Waals surface area contributed by atoms with Crippen molar-refractivity contribution in [3.8, 4) is 11.3 Å². The van der Waals surface area contributed by atoms with Gasteiger partial charge < -0.3 is 9.32 Å². The summed E-state index contributed by atoms with van der Waals surface area (Å²) in [4.78, 5) is 23.3. The highest BCUT2D eigenvalue weighted by molar-refractivity contribution is 6.30. The minimum absolute atomic E-state index is 0.220. The molecule has 0 fully saturated rings. The number of rotatable bonds is 5. The van der Waals surface area contributed by atoms with Gasteiger partial charge in [0.1, 0.15) is 12.3 Å². The number of nitrogens with one attached hydrogen (secondary N) is 3. The fraction of sp³-hybridized carbons (Fsp3) is 0.250. The second kappa shape index (κ2) is 7.80. The third kappa shape index (κ3) is 5.43. The maximum Gasteiger partial charge on any atom is 0.293 e.